The molecule has 56 valence electrons. The molecule has 11 heteroatoms. The van der Waals surface area contributed by atoms with Gasteiger partial charge in [-0.3, -0.25) is 0 Å². The second-order valence-corrected chi connectivity index (χ2v) is 0. The second kappa shape index (κ2) is 232. The van der Waals surface area contributed by atoms with Gasteiger partial charge >= 0.3 is 78.5 Å². The zero-order valence-corrected chi connectivity index (χ0v) is 15.4. The number of hydrogen-bond acceptors (Lipinski definition) is 0. The fourth-order valence-corrected chi connectivity index (χ4v) is 0. The van der Waals surface area contributed by atoms with Crippen molar-refractivity contribution in [2.24, 2.45) is 0 Å². The van der Waals surface area contributed by atoms with Crippen molar-refractivity contribution in [3.05, 3.63) is 0 Å². The average Bonchev–Trinajstić information content (AvgIpc) is 0. The van der Waals surface area contributed by atoms with Crippen molar-refractivity contribution in [1.29, 1.82) is 0 Å². The molecule has 0 aliphatic heterocycles. The van der Waals surface area contributed by atoms with E-state index in [1.165, 1.54) is 0 Å². The van der Waals surface area contributed by atoms with Crippen LogP contribution in [-0.2, 0) is 66.3 Å². The Labute approximate surface area is 126 Å². The van der Waals surface area contributed by atoms with Crippen molar-refractivity contribution in [3.8, 4) is 0 Å². The van der Waals surface area contributed by atoms with Crippen LogP contribution in [0.2, 0.25) is 0 Å². The maximum atomic E-state index is 0. The van der Waals surface area contributed by atoms with Gasteiger partial charge in [0.2, 0.25) is 0 Å². The quantitative estimate of drug-likeness (QED) is 0.354. The van der Waals surface area contributed by atoms with E-state index in [1.807, 2.05) is 0 Å². The van der Waals surface area contributed by atoms with Crippen molar-refractivity contribution >= 4 is 61.5 Å². The minimum absolute atomic E-state index is 0. The largest absolute Gasteiger partial charge is 3.00 e. The molecule has 0 bridgehead atoms. The predicted octanol–water partition coefficient (Wildman–Crippen LogP) is -4.26. The van der Waals surface area contributed by atoms with E-state index in [2.05, 4.69) is 0 Å². The van der Waals surface area contributed by atoms with Crippen LogP contribution >= 0.6 is 0 Å². The van der Waals surface area contributed by atoms with Gasteiger partial charge in [0.05, 0.1) is 0 Å². The summed E-state index contributed by atoms with van der Waals surface area (Å²) < 4.78 is 0. The van der Waals surface area contributed by atoms with Crippen molar-refractivity contribution in [3.63, 3.8) is 0 Å². The Morgan fingerprint density at radius 1 is 0.364 bits per heavy atom. The smallest absolute Gasteiger partial charge is 2.00 e. The summed E-state index contributed by atoms with van der Waals surface area (Å²) in [7, 11) is 0. The minimum atomic E-state index is 0. The maximum absolute atomic E-state index is 0. The van der Waals surface area contributed by atoms with Crippen molar-refractivity contribution in [2.75, 3.05) is 0 Å². The molecule has 0 aromatic rings. The van der Waals surface area contributed by atoms with E-state index in [0.717, 1.165) is 0 Å². The molecule has 0 saturated carbocycles. The summed E-state index contributed by atoms with van der Waals surface area (Å²) in [4.78, 5) is 0. The normalized spacial score (nSPS) is 0. The van der Waals surface area contributed by atoms with Gasteiger partial charge in [-0.25, -0.2) is 0 Å². The summed E-state index contributed by atoms with van der Waals surface area (Å²) >= 11 is 0. The van der Waals surface area contributed by atoms with Gasteiger partial charge in [0.25, 0.3) is 0 Å². The first-order chi connectivity index (χ1) is 0. The van der Waals surface area contributed by atoms with Gasteiger partial charge in [0, 0.05) is 0 Å². The Hall–Kier alpha value is 2.75. The molecule has 0 aliphatic carbocycles. The molecule has 0 N–H and O–H groups in total. The molecular formula is H8Ga2O5Si2Zn2. The van der Waals surface area contributed by atoms with E-state index in [9.17, 15) is 0 Å². The van der Waals surface area contributed by atoms with Crippen LogP contribution in [0.4, 0.5) is 0 Å². The molecule has 0 aromatic carbocycles. The molecule has 0 aliphatic rings. The molecule has 0 amide bonds. The fourth-order valence-electron chi connectivity index (χ4n) is 0. The molecular weight excluding hydrogens is 406 g/mol. The first-order valence-electron chi connectivity index (χ1n) is 0. The number of hydrogen-bond donors (Lipinski definition) is 0. The molecule has 0 atom stereocenters. The number of rotatable bonds is 0. The molecule has 5 nitrogen and oxygen atoms in total. The first-order valence-corrected chi connectivity index (χ1v) is 0. The van der Waals surface area contributed by atoms with Crippen LogP contribution in [0, 0.1) is 0 Å². The summed E-state index contributed by atoms with van der Waals surface area (Å²) in [6.07, 6.45) is 0. The third kappa shape index (κ3) is 195. The molecule has 0 rings (SSSR count). The zero-order chi connectivity index (χ0) is 0. The Morgan fingerprint density at radius 2 is 0.364 bits per heavy atom. The average molecular weight is 414 g/mol. The van der Waals surface area contributed by atoms with E-state index in [0.29, 0.717) is 0 Å². The molecule has 0 heterocycles. The van der Waals surface area contributed by atoms with Crippen LogP contribution < -0.4 is 0 Å². The summed E-state index contributed by atoms with van der Waals surface area (Å²) in [5.74, 6) is 0. The van der Waals surface area contributed by atoms with Crippen LogP contribution in [0.15, 0.2) is 0 Å². The molecule has 0 radical (unpaired) electrons. The molecule has 0 spiro atoms. The summed E-state index contributed by atoms with van der Waals surface area (Å²) in [5, 5.41) is 0. The third-order valence-electron chi connectivity index (χ3n) is 0. The standard InChI is InChI=1S/2Ga.5O.2H4Si.2Zn/h;;;;;;;2*1H4;;/q2*+3;5*-2;;;2*+2. The van der Waals surface area contributed by atoms with Crippen LogP contribution in [0.1, 0.15) is 0 Å². The molecule has 0 fully saturated rings. The Kier molecular flexibility index (Phi) is 6230. The maximum Gasteiger partial charge on any atom is 3.00 e. The first kappa shape index (κ1) is 295. The molecule has 0 saturated heterocycles. The monoisotopic (exact) mass is 410 g/mol. The van der Waals surface area contributed by atoms with E-state index >= 15 is 0 Å². The Balaban J connectivity index is 0. The van der Waals surface area contributed by atoms with Gasteiger partial charge in [-0.2, -0.15) is 0 Å². The third-order valence-corrected chi connectivity index (χ3v) is 0. The van der Waals surface area contributed by atoms with Gasteiger partial charge in [-0.1, -0.05) is 0 Å². The zero-order valence-electron chi connectivity index (χ0n) is 4.61. The second-order valence-electron chi connectivity index (χ2n) is 0. The van der Waals surface area contributed by atoms with Crippen molar-refractivity contribution < 1.29 is 66.3 Å². The van der Waals surface area contributed by atoms with Crippen LogP contribution in [0.25, 0.3) is 0 Å². The van der Waals surface area contributed by atoms with Gasteiger partial charge in [0.15, 0.2) is 0 Å². The predicted molar refractivity (Wildman–Crippen MR) is 37.6 cm³/mol. The van der Waals surface area contributed by atoms with E-state index in [4.69, 9.17) is 0 Å². The molecule has 0 unspecified atom stereocenters. The summed E-state index contributed by atoms with van der Waals surface area (Å²) in [5.41, 5.74) is 0. The SMILES string of the molecule is [Ga+3].[Ga+3].[O-2].[O-2].[O-2].[O-2].[O-2].[SiH4].[SiH4].[Zn+2].[Zn+2]. The topological polar surface area (TPSA) is 142 Å². The van der Waals surface area contributed by atoms with Crippen LogP contribution in [-0.4, -0.2) is 61.5 Å². The van der Waals surface area contributed by atoms with Crippen molar-refractivity contribution in [1.82, 2.24) is 0 Å². The molecule has 0 aromatic heterocycles. The van der Waals surface area contributed by atoms with Gasteiger partial charge < -0.3 is 27.4 Å². The van der Waals surface area contributed by atoms with Crippen LogP contribution in [0.5, 0.6) is 0 Å². The van der Waals surface area contributed by atoms with Gasteiger partial charge in [-0.15, -0.1) is 0 Å². The fraction of sp³-hybridized carbons (Fsp3) is 0. The van der Waals surface area contributed by atoms with E-state index in [-0.39, 0.29) is 128 Å². The van der Waals surface area contributed by atoms with E-state index < -0.39 is 0 Å². The van der Waals surface area contributed by atoms with Gasteiger partial charge in [-0.05, 0) is 21.9 Å². The van der Waals surface area contributed by atoms with Gasteiger partial charge in [0.1, 0.15) is 0 Å². The summed E-state index contributed by atoms with van der Waals surface area (Å²) in [6.45, 7) is 0. The van der Waals surface area contributed by atoms with Crippen molar-refractivity contribution in [2.45, 2.75) is 0 Å². The van der Waals surface area contributed by atoms with Crippen LogP contribution in [0.3, 0.4) is 0 Å². The minimum Gasteiger partial charge on any atom is -2.00 e. The van der Waals surface area contributed by atoms with E-state index in [1.54, 1.807) is 0 Å². The molecule has 11 heavy (non-hydrogen) atoms. The Bertz CT molecular complexity index is 20.4. The Morgan fingerprint density at radius 3 is 0.364 bits per heavy atom. The summed E-state index contributed by atoms with van der Waals surface area (Å²) in [6, 6.07) is 0.